The van der Waals surface area contributed by atoms with Gasteiger partial charge in [-0.15, -0.1) is 0 Å². The van der Waals surface area contributed by atoms with Crippen molar-refractivity contribution in [1.82, 2.24) is 15.5 Å². The Morgan fingerprint density at radius 2 is 1.92 bits per heavy atom. The van der Waals surface area contributed by atoms with E-state index in [0.29, 0.717) is 6.54 Å². The van der Waals surface area contributed by atoms with Crippen LogP contribution in [0.15, 0.2) is 47.1 Å². The summed E-state index contributed by atoms with van der Waals surface area (Å²) < 4.78 is 18.9. The van der Waals surface area contributed by atoms with E-state index in [9.17, 15) is 14.3 Å². The highest BCUT2D eigenvalue weighted by atomic mass is 19.1. The summed E-state index contributed by atoms with van der Waals surface area (Å²) in [6, 6.07) is 9.01. The molecule has 130 valence electrons. The molecule has 0 aliphatic carbocycles. The number of likely N-dealkylation sites (N-methyl/N-ethyl adjacent to an activating group) is 1. The van der Waals surface area contributed by atoms with Crippen molar-refractivity contribution in [2.45, 2.75) is 12.1 Å². The number of carbonyl (C=O) groups excluding carboxylic acids is 1. The molecule has 2 unspecified atom stereocenters. The van der Waals surface area contributed by atoms with Gasteiger partial charge in [0, 0.05) is 18.7 Å². The molecule has 0 aliphatic rings. The highest BCUT2D eigenvalue weighted by Crippen LogP contribution is 2.18. The number of halogens is 1. The molecule has 1 aromatic heterocycles. The zero-order valence-corrected chi connectivity index (χ0v) is 13.7. The minimum absolute atomic E-state index is 0.0832. The molecule has 0 saturated heterocycles. The topological polar surface area (TPSA) is 77.7 Å². The summed E-state index contributed by atoms with van der Waals surface area (Å²) in [7, 11) is 3.77. The third kappa shape index (κ3) is 4.81. The zero-order valence-electron chi connectivity index (χ0n) is 13.7. The fourth-order valence-electron chi connectivity index (χ4n) is 2.32. The number of aliphatic hydroxyl groups is 1. The first-order valence-electron chi connectivity index (χ1n) is 7.63. The third-order valence-corrected chi connectivity index (χ3v) is 3.67. The molecule has 0 aliphatic heterocycles. The second-order valence-corrected chi connectivity index (χ2v) is 5.62. The lowest BCUT2D eigenvalue weighted by atomic mass is 10.1. The molecule has 3 N–H and O–H groups in total. The number of hydrogen-bond acceptors (Lipinski definition) is 4. The average molecular weight is 335 g/mol. The van der Waals surface area contributed by atoms with Crippen LogP contribution >= 0.6 is 0 Å². The van der Waals surface area contributed by atoms with Gasteiger partial charge in [-0.3, -0.25) is 4.90 Å². The van der Waals surface area contributed by atoms with Crippen LogP contribution in [-0.2, 0) is 0 Å². The Morgan fingerprint density at radius 3 is 2.54 bits per heavy atom. The molecule has 1 aromatic carbocycles. The summed E-state index contributed by atoms with van der Waals surface area (Å²) in [5.74, 6) is 0.240. The fraction of sp³-hybridized carbons (Fsp3) is 0.353. The van der Waals surface area contributed by atoms with Gasteiger partial charge in [0.05, 0.1) is 18.4 Å². The second-order valence-electron chi connectivity index (χ2n) is 5.62. The summed E-state index contributed by atoms with van der Waals surface area (Å²) in [5, 5.41) is 15.2. The summed E-state index contributed by atoms with van der Waals surface area (Å²) in [5.41, 5.74) is 0.152. The molecule has 2 amide bonds. The van der Waals surface area contributed by atoms with Crippen molar-refractivity contribution in [3.63, 3.8) is 0 Å². The van der Waals surface area contributed by atoms with Crippen LogP contribution in [0.3, 0.4) is 0 Å². The van der Waals surface area contributed by atoms with E-state index in [0.717, 1.165) is 5.76 Å². The number of rotatable bonds is 7. The summed E-state index contributed by atoms with van der Waals surface area (Å²) in [6.07, 6.45) is 0.475. The molecule has 2 aromatic rings. The van der Waals surface area contributed by atoms with Gasteiger partial charge in [-0.2, -0.15) is 0 Å². The fourth-order valence-corrected chi connectivity index (χ4v) is 2.32. The van der Waals surface area contributed by atoms with Crippen molar-refractivity contribution in [3.8, 4) is 0 Å². The van der Waals surface area contributed by atoms with E-state index in [1.54, 1.807) is 24.5 Å². The number of furan rings is 1. The Balaban J connectivity index is 1.82. The summed E-state index contributed by atoms with van der Waals surface area (Å²) in [4.78, 5) is 13.8. The molecule has 2 atom stereocenters. The average Bonchev–Trinajstić information content (AvgIpc) is 3.07. The molecule has 0 saturated carbocycles. The predicted octanol–water partition coefficient (Wildman–Crippen LogP) is 2.05. The van der Waals surface area contributed by atoms with E-state index in [1.807, 2.05) is 25.1 Å². The molecule has 0 bridgehead atoms. The third-order valence-electron chi connectivity index (χ3n) is 3.67. The number of nitrogens with one attached hydrogen (secondary N) is 2. The molecular formula is C17H22FN3O3. The maximum Gasteiger partial charge on any atom is 0.314 e. The van der Waals surface area contributed by atoms with Crippen LogP contribution in [0.1, 0.15) is 23.5 Å². The van der Waals surface area contributed by atoms with Crippen LogP contribution in [0.25, 0.3) is 0 Å². The first kappa shape index (κ1) is 18.0. The van der Waals surface area contributed by atoms with Crippen molar-refractivity contribution in [2.24, 2.45) is 0 Å². The van der Waals surface area contributed by atoms with Gasteiger partial charge < -0.3 is 20.2 Å². The van der Waals surface area contributed by atoms with Crippen molar-refractivity contribution < 1.29 is 18.7 Å². The van der Waals surface area contributed by atoms with E-state index in [2.05, 4.69) is 10.6 Å². The van der Waals surface area contributed by atoms with Crippen LogP contribution in [0, 0.1) is 5.82 Å². The Bertz CT molecular complexity index is 646. The second kappa shape index (κ2) is 8.47. The van der Waals surface area contributed by atoms with Crippen molar-refractivity contribution in [3.05, 3.63) is 59.8 Å². The maximum atomic E-state index is 13.6. The number of hydrogen-bond donors (Lipinski definition) is 3. The molecule has 6 nitrogen and oxygen atoms in total. The Kier molecular flexibility index (Phi) is 6.34. The molecule has 7 heteroatoms. The molecule has 0 fully saturated rings. The summed E-state index contributed by atoms with van der Waals surface area (Å²) in [6.45, 7) is 0.252. The van der Waals surface area contributed by atoms with E-state index in [-0.39, 0.29) is 18.2 Å². The number of aliphatic hydroxyl groups excluding tert-OH is 1. The monoisotopic (exact) mass is 335 g/mol. The zero-order chi connectivity index (χ0) is 17.5. The van der Waals surface area contributed by atoms with Gasteiger partial charge in [-0.05, 0) is 32.3 Å². The van der Waals surface area contributed by atoms with E-state index >= 15 is 0 Å². The van der Waals surface area contributed by atoms with Gasteiger partial charge in [0.1, 0.15) is 11.6 Å². The van der Waals surface area contributed by atoms with E-state index < -0.39 is 18.0 Å². The largest absolute Gasteiger partial charge is 0.468 e. The molecule has 0 spiro atoms. The van der Waals surface area contributed by atoms with Crippen LogP contribution in [0.5, 0.6) is 0 Å². The lowest BCUT2D eigenvalue weighted by Crippen LogP contribution is -2.41. The lowest BCUT2D eigenvalue weighted by molar-refractivity contribution is 0.168. The maximum absolute atomic E-state index is 13.6. The minimum atomic E-state index is -1.10. The highest BCUT2D eigenvalue weighted by molar-refractivity contribution is 5.73. The van der Waals surface area contributed by atoms with Crippen molar-refractivity contribution in [1.29, 1.82) is 0 Å². The first-order valence-corrected chi connectivity index (χ1v) is 7.63. The van der Waals surface area contributed by atoms with Crippen LogP contribution in [0.2, 0.25) is 0 Å². The SMILES string of the molecule is CN(C)C(CNC(=O)NCC(O)c1ccccc1F)c1ccco1. The first-order chi connectivity index (χ1) is 11.5. The van der Waals surface area contributed by atoms with E-state index in [1.165, 1.54) is 12.1 Å². The van der Waals surface area contributed by atoms with Gasteiger partial charge in [-0.25, -0.2) is 9.18 Å². The standard InChI is InChI=1S/C17H22FN3O3/c1-21(2)14(16-8-5-9-24-16)10-19-17(23)20-11-15(22)12-6-3-4-7-13(12)18/h3-9,14-15,22H,10-11H2,1-2H3,(H2,19,20,23). The highest BCUT2D eigenvalue weighted by Gasteiger charge is 2.18. The Morgan fingerprint density at radius 1 is 1.21 bits per heavy atom. The van der Waals surface area contributed by atoms with Crippen molar-refractivity contribution in [2.75, 3.05) is 27.2 Å². The van der Waals surface area contributed by atoms with Gasteiger partial charge in [0.2, 0.25) is 0 Å². The van der Waals surface area contributed by atoms with Crippen molar-refractivity contribution >= 4 is 6.03 Å². The van der Waals surface area contributed by atoms with E-state index in [4.69, 9.17) is 4.42 Å². The Labute approximate surface area is 140 Å². The van der Waals surface area contributed by atoms with Crippen LogP contribution in [-0.4, -0.2) is 43.2 Å². The van der Waals surface area contributed by atoms with Gasteiger partial charge in [-0.1, -0.05) is 18.2 Å². The minimum Gasteiger partial charge on any atom is -0.468 e. The van der Waals surface area contributed by atoms with Gasteiger partial charge in [0.15, 0.2) is 0 Å². The predicted molar refractivity (Wildman–Crippen MR) is 87.9 cm³/mol. The number of amides is 2. The van der Waals surface area contributed by atoms with Gasteiger partial charge in [0.25, 0.3) is 0 Å². The number of carbonyl (C=O) groups is 1. The number of benzene rings is 1. The number of urea groups is 1. The smallest absolute Gasteiger partial charge is 0.314 e. The van der Waals surface area contributed by atoms with Crippen LogP contribution in [0.4, 0.5) is 9.18 Å². The molecule has 0 radical (unpaired) electrons. The molecule has 2 rings (SSSR count). The Hall–Kier alpha value is -2.38. The molecule has 24 heavy (non-hydrogen) atoms. The van der Waals surface area contributed by atoms with Gasteiger partial charge >= 0.3 is 6.03 Å². The normalized spacial score (nSPS) is 13.5. The molecular weight excluding hydrogens is 313 g/mol. The molecule has 1 heterocycles. The van der Waals surface area contributed by atoms with Crippen LogP contribution < -0.4 is 10.6 Å². The summed E-state index contributed by atoms with van der Waals surface area (Å²) >= 11 is 0. The lowest BCUT2D eigenvalue weighted by Gasteiger charge is -2.23. The number of nitrogens with zero attached hydrogens (tertiary/aromatic N) is 1. The quantitative estimate of drug-likeness (QED) is 0.724.